The quantitative estimate of drug-likeness (QED) is 0.486. The minimum atomic E-state index is -0.522. The van der Waals surface area contributed by atoms with Crippen LogP contribution in [0.5, 0.6) is 0 Å². The summed E-state index contributed by atoms with van der Waals surface area (Å²) in [5.41, 5.74) is 1.81. The summed E-state index contributed by atoms with van der Waals surface area (Å²) in [6, 6.07) is 4.21. The highest BCUT2D eigenvalue weighted by Gasteiger charge is 2.15. The van der Waals surface area contributed by atoms with Gasteiger partial charge in [0, 0.05) is 22.6 Å². The van der Waals surface area contributed by atoms with Crippen molar-refractivity contribution in [2.45, 2.75) is 16.2 Å². The zero-order valence-electron chi connectivity index (χ0n) is 9.19. The number of nitro groups is 1. The van der Waals surface area contributed by atoms with Gasteiger partial charge in [-0.25, -0.2) is 0 Å². The summed E-state index contributed by atoms with van der Waals surface area (Å²) in [6.07, 6.45) is 0. The molecule has 0 bridgehead atoms. The lowest BCUT2D eigenvalue weighted by molar-refractivity contribution is -0.384. The molecule has 18 heavy (non-hydrogen) atoms. The second-order valence-electron chi connectivity index (χ2n) is 3.30. The third-order valence-electron chi connectivity index (χ3n) is 2.09. The molecule has 0 amide bonds. The molecule has 2 aromatic rings. The first kappa shape index (κ1) is 12.7. The van der Waals surface area contributed by atoms with Gasteiger partial charge >= 0.3 is 0 Å². The van der Waals surface area contributed by atoms with E-state index in [0.29, 0.717) is 14.8 Å². The van der Waals surface area contributed by atoms with Crippen molar-refractivity contribution in [3.63, 3.8) is 0 Å². The van der Waals surface area contributed by atoms with Crippen LogP contribution in [-0.2, 0) is 0 Å². The van der Waals surface area contributed by atoms with Gasteiger partial charge in [-0.1, -0.05) is 23.1 Å². The maximum Gasteiger partial charge on any atom is 0.270 e. The van der Waals surface area contributed by atoms with Crippen LogP contribution in [-0.4, -0.2) is 20.9 Å². The molecule has 1 aromatic carbocycles. The lowest BCUT2D eigenvalue weighted by Gasteiger charge is -2.03. The Labute approximate surface area is 110 Å². The highest BCUT2D eigenvalue weighted by atomic mass is 32.2. The molecule has 1 heterocycles. The van der Waals surface area contributed by atoms with Crippen molar-refractivity contribution in [2.75, 3.05) is 0 Å². The van der Waals surface area contributed by atoms with Crippen LogP contribution in [0.15, 0.2) is 32.9 Å². The average molecular weight is 281 g/mol. The molecule has 0 aliphatic heterocycles. The molecule has 0 radical (unpaired) electrons. The van der Waals surface area contributed by atoms with Gasteiger partial charge in [-0.3, -0.25) is 14.9 Å². The van der Waals surface area contributed by atoms with E-state index in [2.05, 4.69) is 10.2 Å². The Morgan fingerprint density at radius 1 is 1.50 bits per heavy atom. The predicted molar refractivity (Wildman–Crippen MR) is 67.1 cm³/mol. The summed E-state index contributed by atoms with van der Waals surface area (Å²) in [6.45, 7) is 1.38. The van der Waals surface area contributed by atoms with Crippen LogP contribution in [0.2, 0.25) is 0 Å². The van der Waals surface area contributed by atoms with E-state index in [1.54, 1.807) is 11.6 Å². The van der Waals surface area contributed by atoms with Crippen molar-refractivity contribution in [3.8, 4) is 0 Å². The SMILES string of the molecule is CC(=O)c1cc([N+](=O)[O-])ccc1Sc1nncs1. The molecule has 92 valence electrons. The fourth-order valence-corrected chi connectivity index (χ4v) is 2.89. The zero-order chi connectivity index (χ0) is 13.1. The Balaban J connectivity index is 2.40. The molecule has 0 aliphatic carbocycles. The molecule has 0 spiro atoms. The number of nitrogens with zero attached hydrogens (tertiary/aromatic N) is 3. The number of rotatable bonds is 4. The van der Waals surface area contributed by atoms with Crippen molar-refractivity contribution in [2.24, 2.45) is 0 Å². The van der Waals surface area contributed by atoms with Crippen molar-refractivity contribution in [3.05, 3.63) is 39.4 Å². The van der Waals surface area contributed by atoms with Crippen LogP contribution in [0.4, 0.5) is 5.69 Å². The first-order chi connectivity index (χ1) is 8.58. The summed E-state index contributed by atoms with van der Waals surface area (Å²) in [5.74, 6) is -0.217. The topological polar surface area (TPSA) is 86.0 Å². The first-order valence-electron chi connectivity index (χ1n) is 4.81. The van der Waals surface area contributed by atoms with Crippen LogP contribution >= 0.6 is 23.1 Å². The molecule has 0 saturated carbocycles. The largest absolute Gasteiger partial charge is 0.294 e. The summed E-state index contributed by atoms with van der Waals surface area (Å²) in [5, 5.41) is 18.2. The van der Waals surface area contributed by atoms with Crippen molar-refractivity contribution >= 4 is 34.6 Å². The Hall–Kier alpha value is -1.80. The standard InChI is InChI=1S/C10H7N3O3S2/c1-6(14)8-4-7(13(15)16)2-3-9(8)18-10-12-11-5-17-10/h2-5H,1H3. The van der Waals surface area contributed by atoms with Crippen LogP contribution in [0, 0.1) is 10.1 Å². The fraction of sp³-hybridized carbons (Fsp3) is 0.100. The molecular weight excluding hydrogens is 274 g/mol. The van der Waals surface area contributed by atoms with Gasteiger partial charge in [0.15, 0.2) is 10.1 Å². The third-order valence-corrected chi connectivity index (χ3v) is 3.94. The molecule has 2 rings (SSSR count). The normalized spacial score (nSPS) is 10.3. The number of ketones is 1. The minimum absolute atomic E-state index is 0.0955. The smallest absolute Gasteiger partial charge is 0.270 e. The van der Waals surface area contributed by atoms with E-state index in [1.807, 2.05) is 0 Å². The molecule has 0 unspecified atom stereocenters. The number of Topliss-reactive ketones (excluding diaryl/α,β-unsaturated/α-hetero) is 1. The Bertz CT molecular complexity index is 598. The molecule has 0 N–H and O–H groups in total. The van der Waals surface area contributed by atoms with Gasteiger partial charge < -0.3 is 0 Å². The maximum absolute atomic E-state index is 11.5. The minimum Gasteiger partial charge on any atom is -0.294 e. The van der Waals surface area contributed by atoms with E-state index < -0.39 is 4.92 Å². The number of carbonyl (C=O) groups is 1. The Kier molecular flexibility index (Phi) is 3.68. The lowest BCUT2D eigenvalue weighted by Crippen LogP contribution is -1.97. The number of carbonyl (C=O) groups excluding carboxylic acids is 1. The van der Waals surface area contributed by atoms with Crippen LogP contribution in [0.1, 0.15) is 17.3 Å². The van der Waals surface area contributed by atoms with Crippen molar-refractivity contribution < 1.29 is 9.72 Å². The molecule has 0 saturated heterocycles. The second-order valence-corrected chi connectivity index (χ2v) is 5.42. The Morgan fingerprint density at radius 3 is 2.83 bits per heavy atom. The van der Waals surface area contributed by atoms with E-state index in [-0.39, 0.29) is 11.5 Å². The molecule has 8 heteroatoms. The molecule has 0 atom stereocenters. The molecule has 1 aromatic heterocycles. The number of aromatic nitrogens is 2. The molecular formula is C10H7N3O3S2. The molecule has 0 aliphatic rings. The van der Waals surface area contributed by atoms with Crippen molar-refractivity contribution in [1.29, 1.82) is 0 Å². The van der Waals surface area contributed by atoms with E-state index >= 15 is 0 Å². The zero-order valence-corrected chi connectivity index (χ0v) is 10.8. The van der Waals surface area contributed by atoms with E-state index in [0.717, 1.165) is 0 Å². The number of nitro benzene ring substituents is 1. The average Bonchev–Trinajstić information content (AvgIpc) is 2.81. The number of benzene rings is 1. The summed E-state index contributed by atoms with van der Waals surface area (Å²) in [7, 11) is 0. The lowest BCUT2D eigenvalue weighted by atomic mass is 10.1. The highest BCUT2D eigenvalue weighted by molar-refractivity contribution is 8.01. The van der Waals surface area contributed by atoms with Crippen LogP contribution < -0.4 is 0 Å². The molecule has 0 fully saturated rings. The monoisotopic (exact) mass is 281 g/mol. The van der Waals surface area contributed by atoms with E-state index in [1.165, 1.54) is 42.2 Å². The van der Waals surface area contributed by atoms with Gasteiger partial charge in [0.25, 0.3) is 5.69 Å². The Morgan fingerprint density at radius 2 is 2.28 bits per heavy atom. The molecule has 6 nitrogen and oxygen atoms in total. The van der Waals surface area contributed by atoms with Gasteiger partial charge in [0.2, 0.25) is 0 Å². The summed E-state index contributed by atoms with van der Waals surface area (Å²) < 4.78 is 0.686. The van der Waals surface area contributed by atoms with Gasteiger partial charge in [0.05, 0.1) is 4.92 Å². The summed E-state index contributed by atoms with van der Waals surface area (Å²) >= 11 is 2.62. The van der Waals surface area contributed by atoms with Crippen LogP contribution in [0.3, 0.4) is 0 Å². The highest BCUT2D eigenvalue weighted by Crippen LogP contribution is 2.33. The number of hydrogen-bond donors (Lipinski definition) is 0. The summed E-state index contributed by atoms with van der Waals surface area (Å²) in [4.78, 5) is 22.3. The number of hydrogen-bond acceptors (Lipinski definition) is 7. The number of non-ortho nitro benzene ring substituents is 1. The first-order valence-corrected chi connectivity index (χ1v) is 6.51. The van der Waals surface area contributed by atoms with Gasteiger partial charge in [0.1, 0.15) is 5.51 Å². The predicted octanol–water partition coefficient (Wildman–Crippen LogP) is 2.80. The van der Waals surface area contributed by atoms with Gasteiger partial charge in [-0.05, 0) is 13.0 Å². The van der Waals surface area contributed by atoms with Crippen molar-refractivity contribution in [1.82, 2.24) is 10.2 Å². The van der Waals surface area contributed by atoms with Gasteiger partial charge in [-0.2, -0.15) is 0 Å². The fourth-order valence-electron chi connectivity index (χ4n) is 1.30. The maximum atomic E-state index is 11.5. The van der Waals surface area contributed by atoms with E-state index in [4.69, 9.17) is 0 Å². The van der Waals surface area contributed by atoms with Crippen LogP contribution in [0.25, 0.3) is 0 Å². The van der Waals surface area contributed by atoms with Gasteiger partial charge in [-0.15, -0.1) is 10.2 Å². The third kappa shape index (κ3) is 2.71. The second kappa shape index (κ2) is 5.23. The van der Waals surface area contributed by atoms with E-state index in [9.17, 15) is 14.9 Å².